The molecule has 0 unspecified atom stereocenters. The van der Waals surface area contributed by atoms with Gasteiger partial charge in [-0.25, -0.2) is 4.79 Å². The van der Waals surface area contributed by atoms with E-state index in [1.54, 1.807) is 60.8 Å². The maximum atomic E-state index is 11.6. The van der Waals surface area contributed by atoms with Crippen molar-refractivity contribution < 1.29 is 29.3 Å². The van der Waals surface area contributed by atoms with Gasteiger partial charge in [-0.15, -0.1) is 0 Å². The minimum Gasteiger partial charge on any atom is -0.479 e. The SMILES string of the molecule is CC[C@@H](C)/C=C/C(=O)C(=O)/C=C/C=C/C=C/C=C/C=C/C=C/[C@@H]1C[C@@H](O)[C@H](C(=O)O)O1. The summed E-state index contributed by atoms with van der Waals surface area (Å²) < 4.78 is 5.23. The van der Waals surface area contributed by atoms with Crippen LogP contribution >= 0.6 is 0 Å². The van der Waals surface area contributed by atoms with Crippen LogP contribution in [0, 0.1) is 5.92 Å². The zero-order chi connectivity index (χ0) is 23.1. The molecule has 0 aromatic rings. The number of aliphatic hydroxyl groups excluding tert-OH is 1. The van der Waals surface area contributed by atoms with Crippen LogP contribution in [-0.4, -0.2) is 46.1 Å². The van der Waals surface area contributed by atoms with Gasteiger partial charge in [-0.2, -0.15) is 0 Å². The number of carboxylic acid groups (broad SMARTS) is 1. The highest BCUT2D eigenvalue weighted by atomic mass is 16.5. The van der Waals surface area contributed by atoms with Gasteiger partial charge in [0.25, 0.3) is 0 Å². The number of carboxylic acids is 1. The largest absolute Gasteiger partial charge is 0.479 e. The summed E-state index contributed by atoms with van der Waals surface area (Å²) in [6.45, 7) is 4.00. The number of rotatable bonds is 12. The molecule has 6 heteroatoms. The topological polar surface area (TPSA) is 101 Å². The van der Waals surface area contributed by atoms with Gasteiger partial charge in [0.05, 0.1) is 12.2 Å². The fourth-order valence-electron chi connectivity index (χ4n) is 2.44. The molecule has 0 bridgehead atoms. The fraction of sp³-hybridized carbons (Fsp3) is 0.320. The van der Waals surface area contributed by atoms with Crippen molar-refractivity contribution in [2.24, 2.45) is 5.92 Å². The summed E-state index contributed by atoms with van der Waals surface area (Å²) in [4.78, 5) is 34.1. The Morgan fingerprint density at radius 3 is 1.94 bits per heavy atom. The second kappa shape index (κ2) is 14.8. The van der Waals surface area contributed by atoms with Gasteiger partial charge in [-0.1, -0.05) is 93.2 Å². The molecule has 0 aromatic carbocycles. The molecule has 4 atom stereocenters. The minimum atomic E-state index is -1.17. The van der Waals surface area contributed by atoms with Crippen molar-refractivity contribution in [2.45, 2.75) is 45.0 Å². The summed E-state index contributed by atoms with van der Waals surface area (Å²) in [6.07, 6.45) is 22.0. The maximum absolute atomic E-state index is 11.6. The van der Waals surface area contributed by atoms with E-state index in [-0.39, 0.29) is 12.3 Å². The van der Waals surface area contributed by atoms with Crippen LogP contribution < -0.4 is 0 Å². The maximum Gasteiger partial charge on any atom is 0.335 e. The standard InChI is InChI=1S/C25H30O6/c1-3-19(2)16-17-22(27)21(26)15-13-11-9-7-5-4-6-8-10-12-14-20-18-23(28)24(31-20)25(29)30/h4-17,19-20,23-24,28H,3,18H2,1-2H3,(H,29,30)/b6-4+,7-5+,10-8+,11-9+,14-12+,15-13+,17-16+/t19-,20-,23-,24-/m1/s1. The van der Waals surface area contributed by atoms with Gasteiger partial charge in [-0.3, -0.25) is 9.59 Å². The van der Waals surface area contributed by atoms with Gasteiger partial charge >= 0.3 is 5.97 Å². The van der Waals surface area contributed by atoms with Crippen molar-refractivity contribution in [3.63, 3.8) is 0 Å². The number of carbonyl (C=O) groups excluding carboxylic acids is 2. The third kappa shape index (κ3) is 11.0. The highest BCUT2D eigenvalue weighted by Gasteiger charge is 2.37. The van der Waals surface area contributed by atoms with Gasteiger partial charge in [0, 0.05) is 6.42 Å². The lowest BCUT2D eigenvalue weighted by Crippen LogP contribution is -2.29. The number of ketones is 2. The Balaban J connectivity index is 2.30. The monoisotopic (exact) mass is 426 g/mol. The van der Waals surface area contributed by atoms with Crippen molar-refractivity contribution in [1.29, 1.82) is 0 Å². The zero-order valence-electron chi connectivity index (χ0n) is 17.8. The lowest BCUT2D eigenvalue weighted by molar-refractivity contribution is -0.152. The van der Waals surface area contributed by atoms with Crippen LogP contribution in [0.4, 0.5) is 0 Å². The number of aliphatic hydroxyl groups is 1. The fourth-order valence-corrected chi connectivity index (χ4v) is 2.44. The van der Waals surface area contributed by atoms with Crippen LogP contribution in [-0.2, 0) is 19.1 Å². The molecule has 0 amide bonds. The Labute approximate surface area is 183 Å². The lowest BCUT2D eigenvalue weighted by atomic mass is 10.1. The van der Waals surface area contributed by atoms with Crippen LogP contribution in [0.5, 0.6) is 0 Å². The second-order valence-corrected chi connectivity index (χ2v) is 6.99. The van der Waals surface area contributed by atoms with E-state index >= 15 is 0 Å². The average molecular weight is 427 g/mol. The first-order chi connectivity index (χ1) is 14.8. The molecule has 166 valence electrons. The molecule has 1 heterocycles. The number of hydrogen-bond donors (Lipinski definition) is 2. The van der Waals surface area contributed by atoms with Crippen molar-refractivity contribution >= 4 is 17.5 Å². The van der Waals surface area contributed by atoms with Crippen LogP contribution in [0.25, 0.3) is 0 Å². The van der Waals surface area contributed by atoms with Gasteiger partial charge in [0.15, 0.2) is 6.10 Å². The van der Waals surface area contributed by atoms with Gasteiger partial charge in [0.1, 0.15) is 0 Å². The predicted octanol–water partition coefficient (Wildman–Crippen LogP) is 3.67. The zero-order valence-corrected chi connectivity index (χ0v) is 17.8. The number of carbonyl (C=O) groups is 3. The second-order valence-electron chi connectivity index (χ2n) is 6.99. The molecule has 2 N–H and O–H groups in total. The minimum absolute atomic E-state index is 0.259. The Hall–Kier alpha value is -3.09. The van der Waals surface area contributed by atoms with E-state index in [4.69, 9.17) is 9.84 Å². The number of aliphatic carboxylic acids is 1. The third-order valence-electron chi connectivity index (χ3n) is 4.42. The third-order valence-corrected chi connectivity index (χ3v) is 4.42. The molecule has 0 aliphatic carbocycles. The molecule has 0 saturated carbocycles. The molecule has 1 fully saturated rings. The summed E-state index contributed by atoms with van der Waals surface area (Å²) in [5, 5.41) is 18.5. The van der Waals surface area contributed by atoms with Crippen LogP contribution in [0.15, 0.2) is 85.1 Å². The first-order valence-electron chi connectivity index (χ1n) is 10.2. The summed E-state index contributed by atoms with van der Waals surface area (Å²) in [5.74, 6) is -1.97. The molecule has 1 aliphatic heterocycles. The lowest BCUT2D eigenvalue weighted by Gasteiger charge is -2.07. The Kier molecular flexibility index (Phi) is 12.4. The molecule has 1 saturated heterocycles. The highest BCUT2D eigenvalue weighted by Crippen LogP contribution is 2.21. The number of allylic oxidation sites excluding steroid dienone is 13. The summed E-state index contributed by atoms with van der Waals surface area (Å²) in [6, 6.07) is 0. The Morgan fingerprint density at radius 1 is 0.903 bits per heavy atom. The van der Waals surface area contributed by atoms with E-state index in [9.17, 15) is 19.5 Å². The molecular formula is C25H30O6. The van der Waals surface area contributed by atoms with Crippen molar-refractivity contribution in [2.75, 3.05) is 0 Å². The summed E-state index contributed by atoms with van der Waals surface area (Å²) in [7, 11) is 0. The number of ether oxygens (including phenoxy) is 1. The molecule has 0 spiro atoms. The molecule has 31 heavy (non-hydrogen) atoms. The smallest absolute Gasteiger partial charge is 0.335 e. The Morgan fingerprint density at radius 2 is 1.42 bits per heavy atom. The summed E-state index contributed by atoms with van der Waals surface area (Å²) >= 11 is 0. The number of hydrogen-bond acceptors (Lipinski definition) is 5. The molecule has 6 nitrogen and oxygen atoms in total. The molecule has 1 rings (SSSR count). The van der Waals surface area contributed by atoms with Crippen molar-refractivity contribution in [3.05, 3.63) is 85.1 Å². The van der Waals surface area contributed by atoms with E-state index in [2.05, 4.69) is 0 Å². The van der Waals surface area contributed by atoms with E-state index in [1.165, 1.54) is 18.2 Å². The van der Waals surface area contributed by atoms with Crippen molar-refractivity contribution in [1.82, 2.24) is 0 Å². The van der Waals surface area contributed by atoms with Crippen molar-refractivity contribution in [3.8, 4) is 0 Å². The molecular weight excluding hydrogens is 396 g/mol. The normalized spacial score (nSPS) is 23.6. The van der Waals surface area contributed by atoms with E-state index in [1.807, 2.05) is 19.9 Å². The van der Waals surface area contributed by atoms with E-state index < -0.39 is 35.8 Å². The van der Waals surface area contributed by atoms with Gasteiger partial charge in [-0.05, 0) is 18.1 Å². The van der Waals surface area contributed by atoms with E-state index in [0.29, 0.717) is 0 Å². The average Bonchev–Trinajstić information content (AvgIpc) is 3.12. The molecule has 0 aromatic heterocycles. The first-order valence-corrected chi connectivity index (χ1v) is 10.2. The first kappa shape index (κ1) is 25.9. The molecule has 0 radical (unpaired) electrons. The quantitative estimate of drug-likeness (QED) is 0.281. The highest BCUT2D eigenvalue weighted by molar-refractivity contribution is 6.45. The van der Waals surface area contributed by atoms with Gasteiger partial charge < -0.3 is 14.9 Å². The van der Waals surface area contributed by atoms with E-state index in [0.717, 1.165) is 6.42 Å². The van der Waals surface area contributed by atoms with Crippen LogP contribution in [0.3, 0.4) is 0 Å². The van der Waals surface area contributed by atoms with Gasteiger partial charge in [0.2, 0.25) is 11.6 Å². The Bertz CT molecular complexity index is 810. The van der Waals surface area contributed by atoms with Crippen LogP contribution in [0.2, 0.25) is 0 Å². The predicted molar refractivity (Wildman–Crippen MR) is 120 cm³/mol. The molecule has 1 aliphatic rings. The summed E-state index contributed by atoms with van der Waals surface area (Å²) in [5.41, 5.74) is 0. The van der Waals surface area contributed by atoms with Crippen LogP contribution in [0.1, 0.15) is 26.7 Å².